The van der Waals surface area contributed by atoms with E-state index in [0.29, 0.717) is 12.1 Å². The fourth-order valence-corrected chi connectivity index (χ4v) is 2.11. The molecule has 0 aromatic heterocycles. The highest BCUT2D eigenvalue weighted by atomic mass is 31.2. The summed E-state index contributed by atoms with van der Waals surface area (Å²) in [5.74, 6) is 0. The molecule has 0 heterocycles. The van der Waals surface area contributed by atoms with Crippen LogP contribution in [-0.2, 0) is 14.8 Å². The van der Waals surface area contributed by atoms with Crippen LogP contribution in [0, 0.1) is 0 Å². The van der Waals surface area contributed by atoms with Crippen molar-refractivity contribution in [3.63, 3.8) is 0 Å². The standard InChI is InChI=1S/C7H8F2O6P2/c8-7(9,17(13,14)15)5-2-1-3-6(4-5)16(10,11)12/h1-4H,(H2,10,11,12)(H2,13,14,15). The van der Waals surface area contributed by atoms with Crippen LogP contribution in [0.1, 0.15) is 5.56 Å². The fourth-order valence-electron chi connectivity index (χ4n) is 1.04. The van der Waals surface area contributed by atoms with Gasteiger partial charge in [0, 0.05) is 5.56 Å². The van der Waals surface area contributed by atoms with Crippen molar-refractivity contribution >= 4 is 20.5 Å². The maximum atomic E-state index is 13.2. The van der Waals surface area contributed by atoms with Gasteiger partial charge in [-0.15, -0.1) is 0 Å². The quantitative estimate of drug-likeness (QED) is 0.609. The summed E-state index contributed by atoms with van der Waals surface area (Å²) in [6.07, 6.45) is 0. The molecule has 10 heteroatoms. The largest absolute Gasteiger partial charge is 0.399 e. The number of hydrogen-bond acceptors (Lipinski definition) is 2. The Morgan fingerprint density at radius 2 is 1.59 bits per heavy atom. The van der Waals surface area contributed by atoms with Gasteiger partial charge >= 0.3 is 20.9 Å². The van der Waals surface area contributed by atoms with Gasteiger partial charge in [-0.05, 0) is 12.1 Å². The van der Waals surface area contributed by atoms with E-state index in [1.165, 1.54) is 0 Å². The van der Waals surface area contributed by atoms with Gasteiger partial charge in [0.25, 0.3) is 0 Å². The van der Waals surface area contributed by atoms with Crippen molar-refractivity contribution in [2.45, 2.75) is 5.66 Å². The van der Waals surface area contributed by atoms with E-state index >= 15 is 0 Å². The van der Waals surface area contributed by atoms with Gasteiger partial charge < -0.3 is 19.6 Å². The summed E-state index contributed by atoms with van der Waals surface area (Å²) in [7, 11) is -10.5. The first kappa shape index (κ1) is 14.4. The summed E-state index contributed by atoms with van der Waals surface area (Å²) < 4.78 is 47.8. The Labute approximate surface area is 94.2 Å². The molecule has 1 rings (SSSR count). The minimum Gasteiger partial charge on any atom is -0.321 e. The van der Waals surface area contributed by atoms with E-state index in [4.69, 9.17) is 19.6 Å². The number of hydrogen-bond donors (Lipinski definition) is 4. The number of halogens is 2. The Hall–Kier alpha value is -0.620. The minimum atomic E-state index is -5.75. The maximum Gasteiger partial charge on any atom is 0.399 e. The third kappa shape index (κ3) is 2.98. The molecule has 0 saturated carbocycles. The molecule has 0 fully saturated rings. The van der Waals surface area contributed by atoms with Crippen LogP contribution < -0.4 is 5.30 Å². The normalized spacial score (nSPS) is 13.8. The molecular weight excluding hydrogens is 280 g/mol. The smallest absolute Gasteiger partial charge is 0.321 e. The lowest BCUT2D eigenvalue weighted by Crippen LogP contribution is -2.16. The second-order valence-corrected chi connectivity index (χ2v) is 6.43. The van der Waals surface area contributed by atoms with Gasteiger partial charge in [0.1, 0.15) is 0 Å². The summed E-state index contributed by atoms with van der Waals surface area (Å²) in [5, 5.41) is -0.733. The van der Waals surface area contributed by atoms with Crippen molar-refractivity contribution in [1.29, 1.82) is 0 Å². The average molecular weight is 288 g/mol. The summed E-state index contributed by atoms with van der Waals surface area (Å²) in [5.41, 5.74) is -5.63. The van der Waals surface area contributed by atoms with Crippen LogP contribution in [0.5, 0.6) is 0 Å². The van der Waals surface area contributed by atoms with E-state index in [1.807, 2.05) is 0 Å². The van der Waals surface area contributed by atoms with Gasteiger partial charge in [-0.1, -0.05) is 12.1 Å². The lowest BCUT2D eigenvalue weighted by molar-refractivity contribution is 0.0565. The van der Waals surface area contributed by atoms with Crippen LogP contribution in [0.3, 0.4) is 0 Å². The van der Waals surface area contributed by atoms with Gasteiger partial charge in [0.15, 0.2) is 0 Å². The van der Waals surface area contributed by atoms with E-state index in [0.717, 1.165) is 12.1 Å². The summed E-state index contributed by atoms with van der Waals surface area (Å²) in [4.78, 5) is 34.4. The highest BCUT2D eigenvalue weighted by Gasteiger charge is 2.50. The van der Waals surface area contributed by atoms with E-state index in [-0.39, 0.29) is 0 Å². The van der Waals surface area contributed by atoms with Crippen LogP contribution in [0.2, 0.25) is 0 Å². The first-order chi connectivity index (χ1) is 7.46. The van der Waals surface area contributed by atoms with Crippen LogP contribution in [0.4, 0.5) is 8.78 Å². The van der Waals surface area contributed by atoms with Gasteiger partial charge in [-0.2, -0.15) is 8.78 Å². The van der Waals surface area contributed by atoms with E-state index < -0.39 is 31.7 Å². The third-order valence-corrected chi connectivity index (χ3v) is 3.84. The Balaban J connectivity index is 3.36. The minimum absolute atomic E-state index is 0.375. The third-order valence-electron chi connectivity index (χ3n) is 1.90. The Kier molecular flexibility index (Phi) is 3.60. The van der Waals surface area contributed by atoms with Gasteiger partial charge in [0.2, 0.25) is 0 Å². The monoisotopic (exact) mass is 288 g/mol. The lowest BCUT2D eigenvalue weighted by Gasteiger charge is -2.18. The molecule has 0 aliphatic heterocycles. The predicted molar refractivity (Wildman–Crippen MR) is 54.1 cm³/mol. The Morgan fingerprint density at radius 1 is 1.06 bits per heavy atom. The SMILES string of the molecule is O=P(O)(O)c1cccc(C(F)(F)P(=O)(O)O)c1. The molecule has 17 heavy (non-hydrogen) atoms. The molecule has 4 N–H and O–H groups in total. The molecule has 0 amide bonds. The molecule has 6 nitrogen and oxygen atoms in total. The van der Waals surface area contributed by atoms with Gasteiger partial charge in [-0.25, -0.2) is 0 Å². The van der Waals surface area contributed by atoms with Crippen molar-refractivity contribution < 1.29 is 37.5 Å². The molecule has 1 aromatic carbocycles. The zero-order valence-corrected chi connectivity index (χ0v) is 9.85. The fraction of sp³-hybridized carbons (Fsp3) is 0.143. The molecule has 0 aliphatic rings. The molecule has 0 unspecified atom stereocenters. The molecule has 0 atom stereocenters. The molecule has 0 saturated heterocycles. The first-order valence-electron chi connectivity index (χ1n) is 4.06. The van der Waals surface area contributed by atoms with Crippen LogP contribution >= 0.6 is 15.2 Å². The molecule has 0 bridgehead atoms. The summed E-state index contributed by atoms with van der Waals surface area (Å²) in [6.45, 7) is 0. The maximum absolute atomic E-state index is 13.2. The second-order valence-electron chi connectivity index (χ2n) is 3.18. The molecule has 1 aromatic rings. The van der Waals surface area contributed by atoms with Crippen molar-refractivity contribution in [3.05, 3.63) is 29.8 Å². The Bertz CT molecular complexity index is 519. The predicted octanol–water partition coefficient (Wildman–Crippen LogP) is 0.717. The number of benzene rings is 1. The highest BCUT2D eigenvalue weighted by Crippen LogP contribution is 2.59. The van der Waals surface area contributed by atoms with Crippen molar-refractivity contribution in [2.24, 2.45) is 0 Å². The molecular formula is C7H8F2O6P2. The summed E-state index contributed by atoms with van der Waals surface area (Å²) in [6, 6.07) is 2.82. The van der Waals surface area contributed by atoms with Gasteiger partial charge in [-0.3, -0.25) is 9.13 Å². The topological polar surface area (TPSA) is 115 Å². The van der Waals surface area contributed by atoms with Crippen molar-refractivity contribution in [2.75, 3.05) is 0 Å². The highest BCUT2D eigenvalue weighted by molar-refractivity contribution is 7.60. The molecule has 0 spiro atoms. The van der Waals surface area contributed by atoms with Crippen LogP contribution in [0.15, 0.2) is 24.3 Å². The lowest BCUT2D eigenvalue weighted by atomic mass is 10.2. The zero-order chi connectivity index (χ0) is 13.5. The van der Waals surface area contributed by atoms with E-state index in [9.17, 15) is 17.9 Å². The van der Waals surface area contributed by atoms with E-state index in [2.05, 4.69) is 0 Å². The van der Waals surface area contributed by atoms with Gasteiger partial charge in [0.05, 0.1) is 5.30 Å². The second kappa shape index (κ2) is 4.24. The van der Waals surface area contributed by atoms with Crippen molar-refractivity contribution in [3.8, 4) is 0 Å². The van der Waals surface area contributed by atoms with Crippen LogP contribution in [-0.4, -0.2) is 19.6 Å². The van der Waals surface area contributed by atoms with Crippen molar-refractivity contribution in [1.82, 2.24) is 0 Å². The molecule has 0 radical (unpaired) electrons. The Morgan fingerprint density at radius 3 is 2.00 bits per heavy atom. The average Bonchev–Trinajstić information content (AvgIpc) is 2.15. The molecule has 0 aliphatic carbocycles. The van der Waals surface area contributed by atoms with Crippen LogP contribution in [0.25, 0.3) is 0 Å². The summed E-state index contributed by atoms with van der Waals surface area (Å²) >= 11 is 0. The number of alkyl halides is 2. The number of rotatable bonds is 3. The van der Waals surface area contributed by atoms with E-state index in [1.54, 1.807) is 0 Å². The molecule has 96 valence electrons. The first-order valence-corrected chi connectivity index (χ1v) is 7.29. The zero-order valence-electron chi connectivity index (χ0n) is 8.07.